The van der Waals surface area contributed by atoms with Crippen LogP contribution in [0.25, 0.3) is 11.1 Å². The molecule has 1 atom stereocenters. The van der Waals surface area contributed by atoms with Gasteiger partial charge in [0.2, 0.25) is 0 Å². The molecule has 5 heteroatoms. The van der Waals surface area contributed by atoms with Crippen molar-refractivity contribution in [1.29, 1.82) is 0 Å². The van der Waals surface area contributed by atoms with Crippen molar-refractivity contribution in [3.8, 4) is 11.1 Å². The van der Waals surface area contributed by atoms with Crippen LogP contribution in [0.5, 0.6) is 0 Å². The smallest absolute Gasteiger partial charge is 0.258 e. The summed E-state index contributed by atoms with van der Waals surface area (Å²) < 4.78 is 0. The highest BCUT2D eigenvalue weighted by Crippen LogP contribution is 2.32. The summed E-state index contributed by atoms with van der Waals surface area (Å²) in [6, 6.07) is 21.4. The molecule has 1 amide bonds. The van der Waals surface area contributed by atoms with E-state index in [9.17, 15) is 9.90 Å². The molecule has 1 unspecified atom stereocenters. The van der Waals surface area contributed by atoms with Gasteiger partial charge in [0.05, 0.1) is 6.10 Å². The van der Waals surface area contributed by atoms with E-state index in [2.05, 4.69) is 11.0 Å². The number of amides is 1. The molecule has 1 heterocycles. The Morgan fingerprint density at radius 3 is 2.34 bits per heavy atom. The molecular formula is C27H29ClN2O2. The number of nitrogens with zero attached hydrogens (tertiary/aromatic N) is 2. The summed E-state index contributed by atoms with van der Waals surface area (Å²) in [5.41, 5.74) is 5.79. The number of aryl methyl sites for hydroxylation is 1. The van der Waals surface area contributed by atoms with E-state index < -0.39 is 6.10 Å². The topological polar surface area (TPSA) is 43.8 Å². The van der Waals surface area contributed by atoms with Gasteiger partial charge in [-0.05, 0) is 85.9 Å². The summed E-state index contributed by atoms with van der Waals surface area (Å²) in [5.74, 6) is 0.00881. The lowest BCUT2D eigenvalue weighted by atomic mass is 9.95. The maximum Gasteiger partial charge on any atom is 0.258 e. The maximum absolute atomic E-state index is 13.3. The molecule has 3 aromatic rings. The first-order valence-electron chi connectivity index (χ1n) is 11.1. The predicted molar refractivity (Wildman–Crippen MR) is 131 cm³/mol. The van der Waals surface area contributed by atoms with Gasteiger partial charge < -0.3 is 14.9 Å². The minimum atomic E-state index is -0.491. The van der Waals surface area contributed by atoms with Gasteiger partial charge in [0.15, 0.2) is 0 Å². The first-order chi connectivity index (χ1) is 15.4. The summed E-state index contributed by atoms with van der Waals surface area (Å²) in [7, 11) is 4.01. The van der Waals surface area contributed by atoms with Crippen LogP contribution in [0.2, 0.25) is 5.02 Å². The van der Waals surface area contributed by atoms with Gasteiger partial charge in [0.1, 0.15) is 0 Å². The van der Waals surface area contributed by atoms with Crippen LogP contribution in [-0.2, 0) is 6.42 Å². The van der Waals surface area contributed by atoms with E-state index in [0.29, 0.717) is 23.6 Å². The van der Waals surface area contributed by atoms with Crippen LogP contribution in [0.15, 0.2) is 66.7 Å². The molecule has 1 aliphatic heterocycles. The first kappa shape index (κ1) is 22.5. The van der Waals surface area contributed by atoms with Crippen molar-refractivity contribution in [1.82, 2.24) is 4.90 Å². The lowest BCUT2D eigenvalue weighted by Gasteiger charge is -2.30. The normalized spacial score (nSPS) is 14.3. The molecule has 0 saturated carbocycles. The standard InChI is InChI=1S/C27H29ClN2O2/c1-29(2)17-15-26(31)23-11-14-25-22(18-23)4-3-16-30(25)27(32)21-7-5-19(6-8-21)20-9-12-24(28)13-10-20/h5-14,18,26,31H,3-4,15-17H2,1-2H3. The van der Waals surface area contributed by atoms with Gasteiger partial charge in [-0.15, -0.1) is 0 Å². The Labute approximate surface area is 195 Å². The van der Waals surface area contributed by atoms with E-state index in [1.165, 1.54) is 0 Å². The summed E-state index contributed by atoms with van der Waals surface area (Å²) in [6.07, 6.45) is 2.03. The molecule has 0 aliphatic carbocycles. The van der Waals surface area contributed by atoms with Crippen LogP contribution in [0.1, 0.15) is 40.4 Å². The van der Waals surface area contributed by atoms with Crippen LogP contribution in [-0.4, -0.2) is 43.1 Å². The second kappa shape index (κ2) is 9.86. The number of halogens is 1. The van der Waals surface area contributed by atoms with Gasteiger partial charge in [-0.3, -0.25) is 4.79 Å². The van der Waals surface area contributed by atoms with Crippen molar-refractivity contribution in [3.05, 3.63) is 88.4 Å². The molecule has 0 saturated heterocycles. The molecule has 32 heavy (non-hydrogen) atoms. The number of benzene rings is 3. The Morgan fingerprint density at radius 2 is 1.69 bits per heavy atom. The van der Waals surface area contributed by atoms with Gasteiger partial charge in [-0.25, -0.2) is 0 Å². The molecule has 0 radical (unpaired) electrons. The van der Waals surface area contributed by atoms with Crippen LogP contribution < -0.4 is 4.90 Å². The van der Waals surface area contributed by atoms with Crippen molar-refractivity contribution < 1.29 is 9.90 Å². The molecule has 0 bridgehead atoms. The molecular weight excluding hydrogens is 420 g/mol. The Hall–Kier alpha value is -2.66. The average Bonchev–Trinajstić information content (AvgIpc) is 2.82. The Kier molecular flexibility index (Phi) is 6.95. The van der Waals surface area contributed by atoms with Crippen molar-refractivity contribution in [2.45, 2.75) is 25.4 Å². The Bertz CT molecular complexity index is 1080. The minimum Gasteiger partial charge on any atom is -0.388 e. The third-order valence-electron chi connectivity index (χ3n) is 6.01. The van der Waals surface area contributed by atoms with E-state index in [0.717, 1.165) is 47.3 Å². The second-order valence-corrected chi connectivity index (χ2v) is 9.08. The van der Waals surface area contributed by atoms with Crippen molar-refractivity contribution in [2.75, 3.05) is 32.1 Å². The van der Waals surface area contributed by atoms with Crippen molar-refractivity contribution >= 4 is 23.2 Å². The SMILES string of the molecule is CN(C)CCC(O)c1ccc2c(c1)CCCN2C(=O)c1ccc(-c2ccc(Cl)cc2)cc1. The number of fused-ring (bicyclic) bond motifs is 1. The van der Waals surface area contributed by atoms with E-state index in [4.69, 9.17) is 11.6 Å². The summed E-state index contributed by atoms with van der Waals surface area (Å²) in [5, 5.41) is 11.3. The number of carbonyl (C=O) groups excluding carboxylic acids is 1. The van der Waals surface area contributed by atoms with Gasteiger partial charge >= 0.3 is 0 Å². The number of aliphatic hydroxyl groups excluding tert-OH is 1. The fraction of sp³-hybridized carbons (Fsp3) is 0.296. The monoisotopic (exact) mass is 448 g/mol. The number of carbonyl (C=O) groups is 1. The molecule has 0 spiro atoms. The number of anilines is 1. The van der Waals surface area contributed by atoms with Crippen LogP contribution in [0.3, 0.4) is 0 Å². The molecule has 3 aromatic carbocycles. The minimum absolute atomic E-state index is 0.00881. The zero-order valence-electron chi connectivity index (χ0n) is 18.6. The maximum atomic E-state index is 13.3. The lowest BCUT2D eigenvalue weighted by molar-refractivity contribution is 0.0985. The Balaban J connectivity index is 1.52. The van der Waals surface area contributed by atoms with E-state index in [1.54, 1.807) is 0 Å². The average molecular weight is 449 g/mol. The quantitative estimate of drug-likeness (QED) is 0.535. The summed E-state index contributed by atoms with van der Waals surface area (Å²) >= 11 is 5.98. The van der Waals surface area contributed by atoms with Crippen molar-refractivity contribution in [3.63, 3.8) is 0 Å². The van der Waals surface area contributed by atoms with Gasteiger partial charge in [0.25, 0.3) is 5.91 Å². The number of rotatable bonds is 6. The number of aliphatic hydroxyl groups is 1. The zero-order chi connectivity index (χ0) is 22.7. The Morgan fingerprint density at radius 1 is 1.03 bits per heavy atom. The third-order valence-corrected chi connectivity index (χ3v) is 6.26. The first-order valence-corrected chi connectivity index (χ1v) is 11.4. The molecule has 1 aliphatic rings. The van der Waals surface area contributed by atoms with E-state index in [-0.39, 0.29) is 5.91 Å². The van der Waals surface area contributed by atoms with Crippen molar-refractivity contribution in [2.24, 2.45) is 0 Å². The molecule has 0 fully saturated rings. The lowest BCUT2D eigenvalue weighted by Crippen LogP contribution is -2.35. The summed E-state index contributed by atoms with van der Waals surface area (Å²) in [4.78, 5) is 17.2. The highest BCUT2D eigenvalue weighted by atomic mass is 35.5. The molecule has 1 N–H and O–H groups in total. The third kappa shape index (κ3) is 5.04. The zero-order valence-corrected chi connectivity index (χ0v) is 19.3. The molecule has 4 rings (SSSR count). The van der Waals surface area contributed by atoms with E-state index in [1.807, 2.05) is 79.7 Å². The van der Waals surface area contributed by atoms with Crippen LogP contribution in [0.4, 0.5) is 5.69 Å². The van der Waals surface area contributed by atoms with Crippen LogP contribution >= 0.6 is 11.6 Å². The molecule has 166 valence electrons. The fourth-order valence-electron chi connectivity index (χ4n) is 4.19. The van der Waals surface area contributed by atoms with Gasteiger partial charge in [-0.2, -0.15) is 0 Å². The highest BCUT2D eigenvalue weighted by molar-refractivity contribution is 6.30. The number of hydrogen-bond acceptors (Lipinski definition) is 3. The number of hydrogen-bond donors (Lipinski definition) is 1. The highest BCUT2D eigenvalue weighted by Gasteiger charge is 2.24. The van der Waals surface area contributed by atoms with Gasteiger partial charge in [-0.1, -0.05) is 48.0 Å². The second-order valence-electron chi connectivity index (χ2n) is 8.64. The fourth-order valence-corrected chi connectivity index (χ4v) is 4.31. The van der Waals surface area contributed by atoms with E-state index >= 15 is 0 Å². The molecule has 0 aromatic heterocycles. The predicted octanol–water partition coefficient (Wildman–Crippen LogP) is 5.59. The van der Waals surface area contributed by atoms with Crippen LogP contribution in [0, 0.1) is 0 Å². The molecule has 4 nitrogen and oxygen atoms in total. The summed E-state index contributed by atoms with van der Waals surface area (Å²) in [6.45, 7) is 1.53. The van der Waals surface area contributed by atoms with Gasteiger partial charge in [0, 0.05) is 29.4 Å². The largest absolute Gasteiger partial charge is 0.388 e.